The van der Waals surface area contributed by atoms with Crippen molar-refractivity contribution in [3.8, 4) is 5.75 Å². The fourth-order valence-corrected chi connectivity index (χ4v) is 5.05. The number of ether oxygens (including phenoxy) is 1. The van der Waals surface area contributed by atoms with Crippen LogP contribution in [0.15, 0.2) is 24.3 Å². The molecule has 0 N–H and O–H groups in total. The Bertz CT molecular complexity index is 715. The first-order valence-corrected chi connectivity index (χ1v) is 11.1. The lowest BCUT2D eigenvalue weighted by Crippen LogP contribution is -2.48. The molecule has 2 amide bonds. The summed E-state index contributed by atoms with van der Waals surface area (Å²) in [6, 6.07) is 7.84. The Labute approximate surface area is 173 Å². The van der Waals surface area contributed by atoms with Gasteiger partial charge >= 0.3 is 0 Å². The average Bonchev–Trinajstić information content (AvgIpc) is 3.42. The summed E-state index contributed by atoms with van der Waals surface area (Å²) in [6.45, 7) is 4.83. The van der Waals surface area contributed by atoms with Gasteiger partial charge in [-0.1, -0.05) is 0 Å². The fraction of sp³-hybridized carbons (Fsp3) is 0.652. The van der Waals surface area contributed by atoms with Crippen LogP contribution in [0, 0.1) is 5.92 Å². The number of anilines is 1. The van der Waals surface area contributed by atoms with E-state index < -0.39 is 0 Å². The monoisotopic (exact) mass is 399 g/mol. The van der Waals surface area contributed by atoms with Crippen LogP contribution < -0.4 is 9.64 Å². The minimum absolute atomic E-state index is 0.0409. The highest BCUT2D eigenvalue weighted by atomic mass is 16.5. The highest BCUT2D eigenvalue weighted by molar-refractivity contribution is 6.00. The second kappa shape index (κ2) is 9.16. The minimum atomic E-state index is -0.225. The number of methoxy groups -OCH3 is 1. The number of carbonyl (C=O) groups is 2. The highest BCUT2D eigenvalue weighted by Crippen LogP contribution is 2.30. The van der Waals surface area contributed by atoms with Gasteiger partial charge in [-0.05, 0) is 75.9 Å². The van der Waals surface area contributed by atoms with Crippen LogP contribution in [-0.4, -0.2) is 67.5 Å². The lowest BCUT2D eigenvalue weighted by Gasteiger charge is -2.38. The van der Waals surface area contributed by atoms with Crippen molar-refractivity contribution in [2.45, 2.75) is 51.0 Å². The Morgan fingerprint density at radius 1 is 1.07 bits per heavy atom. The second-order valence-electron chi connectivity index (χ2n) is 8.62. The molecule has 0 spiro atoms. The zero-order valence-corrected chi connectivity index (χ0v) is 17.5. The Hall–Kier alpha value is -2.08. The van der Waals surface area contributed by atoms with Crippen molar-refractivity contribution in [3.05, 3.63) is 24.3 Å². The van der Waals surface area contributed by atoms with E-state index in [2.05, 4.69) is 9.80 Å². The number of benzene rings is 1. The molecule has 1 aromatic carbocycles. The van der Waals surface area contributed by atoms with E-state index in [1.165, 1.54) is 32.4 Å². The van der Waals surface area contributed by atoms with Gasteiger partial charge in [0, 0.05) is 37.8 Å². The summed E-state index contributed by atoms with van der Waals surface area (Å²) in [5, 5.41) is 0. The third-order valence-corrected chi connectivity index (χ3v) is 6.75. The average molecular weight is 400 g/mol. The van der Waals surface area contributed by atoms with E-state index in [1.54, 1.807) is 12.0 Å². The van der Waals surface area contributed by atoms with Crippen LogP contribution in [0.3, 0.4) is 0 Å². The van der Waals surface area contributed by atoms with Gasteiger partial charge in [0.15, 0.2) is 0 Å². The van der Waals surface area contributed by atoms with E-state index in [9.17, 15) is 9.59 Å². The summed E-state index contributed by atoms with van der Waals surface area (Å²) in [5.74, 6) is 0.763. The zero-order chi connectivity index (χ0) is 20.2. The third kappa shape index (κ3) is 4.58. The van der Waals surface area contributed by atoms with Crippen LogP contribution in [0.2, 0.25) is 0 Å². The number of carbonyl (C=O) groups excluding carboxylic acids is 2. The molecule has 3 aliphatic heterocycles. The highest BCUT2D eigenvalue weighted by Gasteiger charge is 2.39. The van der Waals surface area contributed by atoms with Gasteiger partial charge in [0.05, 0.1) is 13.0 Å². The maximum Gasteiger partial charge on any atom is 0.228 e. The smallest absolute Gasteiger partial charge is 0.228 e. The van der Waals surface area contributed by atoms with Gasteiger partial charge < -0.3 is 19.4 Å². The minimum Gasteiger partial charge on any atom is -0.497 e. The molecule has 6 nitrogen and oxygen atoms in total. The Morgan fingerprint density at radius 2 is 1.79 bits per heavy atom. The Kier molecular flexibility index (Phi) is 6.38. The zero-order valence-electron chi connectivity index (χ0n) is 17.5. The Morgan fingerprint density at radius 3 is 2.52 bits per heavy atom. The number of amides is 2. The quantitative estimate of drug-likeness (QED) is 0.738. The first kappa shape index (κ1) is 20.2. The molecule has 0 bridgehead atoms. The van der Waals surface area contributed by atoms with Crippen molar-refractivity contribution in [2.75, 3.05) is 44.7 Å². The normalized spacial score (nSPS) is 25.6. The maximum absolute atomic E-state index is 13.3. The standard InChI is InChI=1S/C23H33N3O3/c1-29-21-9-7-20(8-10-21)26-17-18(16-22(26)27)23(28)25-14-3-2-6-19(25)11-15-24-12-4-5-13-24/h7-10,18-19H,2-6,11-17H2,1H3/t18-,19-/m0/s1. The van der Waals surface area contributed by atoms with E-state index in [4.69, 9.17) is 4.74 Å². The molecule has 2 atom stereocenters. The first-order valence-electron chi connectivity index (χ1n) is 11.1. The van der Waals surface area contributed by atoms with Gasteiger partial charge in [0.1, 0.15) is 5.75 Å². The third-order valence-electron chi connectivity index (χ3n) is 6.75. The molecule has 6 heteroatoms. The van der Waals surface area contributed by atoms with Gasteiger partial charge in [-0.3, -0.25) is 9.59 Å². The molecular weight excluding hydrogens is 366 g/mol. The topological polar surface area (TPSA) is 53.1 Å². The van der Waals surface area contributed by atoms with Crippen molar-refractivity contribution in [2.24, 2.45) is 5.92 Å². The molecule has 3 saturated heterocycles. The molecule has 0 aliphatic carbocycles. The van der Waals surface area contributed by atoms with Crippen molar-refractivity contribution in [3.63, 3.8) is 0 Å². The van der Waals surface area contributed by atoms with E-state index in [-0.39, 0.29) is 17.7 Å². The van der Waals surface area contributed by atoms with Crippen molar-refractivity contribution < 1.29 is 14.3 Å². The van der Waals surface area contributed by atoms with Crippen LogP contribution in [0.25, 0.3) is 0 Å². The van der Waals surface area contributed by atoms with E-state index >= 15 is 0 Å². The van der Waals surface area contributed by atoms with Gasteiger partial charge in [0.25, 0.3) is 0 Å². The number of nitrogens with zero attached hydrogens (tertiary/aromatic N) is 3. The van der Waals surface area contributed by atoms with Gasteiger partial charge in [-0.2, -0.15) is 0 Å². The molecular formula is C23H33N3O3. The van der Waals surface area contributed by atoms with Gasteiger partial charge in [0.2, 0.25) is 11.8 Å². The number of hydrogen-bond acceptors (Lipinski definition) is 4. The van der Waals surface area contributed by atoms with Crippen LogP contribution in [0.1, 0.15) is 44.9 Å². The molecule has 0 unspecified atom stereocenters. The van der Waals surface area contributed by atoms with Crippen LogP contribution in [-0.2, 0) is 9.59 Å². The second-order valence-corrected chi connectivity index (χ2v) is 8.62. The number of piperidine rings is 1. The molecule has 0 saturated carbocycles. The first-order chi connectivity index (χ1) is 14.2. The van der Waals surface area contributed by atoms with Crippen LogP contribution in [0.4, 0.5) is 5.69 Å². The van der Waals surface area contributed by atoms with Gasteiger partial charge in [-0.25, -0.2) is 0 Å². The summed E-state index contributed by atoms with van der Waals surface area (Å²) in [5.41, 5.74) is 0.843. The largest absolute Gasteiger partial charge is 0.497 e. The lowest BCUT2D eigenvalue weighted by molar-refractivity contribution is -0.139. The van der Waals surface area contributed by atoms with Crippen LogP contribution in [0.5, 0.6) is 5.75 Å². The molecule has 3 fully saturated rings. The molecule has 4 rings (SSSR count). The predicted octanol–water partition coefficient (Wildman–Crippen LogP) is 2.92. The molecule has 0 aromatic heterocycles. The molecule has 158 valence electrons. The molecule has 29 heavy (non-hydrogen) atoms. The molecule has 3 aliphatic rings. The fourth-order valence-electron chi connectivity index (χ4n) is 5.05. The van der Waals surface area contributed by atoms with Crippen molar-refractivity contribution in [1.29, 1.82) is 0 Å². The summed E-state index contributed by atoms with van der Waals surface area (Å²) < 4.78 is 5.20. The van der Waals surface area contributed by atoms with Crippen molar-refractivity contribution >= 4 is 17.5 Å². The summed E-state index contributed by atoms with van der Waals surface area (Å²) in [6.07, 6.45) is 7.37. The summed E-state index contributed by atoms with van der Waals surface area (Å²) in [4.78, 5) is 32.4. The van der Waals surface area contributed by atoms with E-state index in [1.807, 2.05) is 24.3 Å². The number of rotatable bonds is 6. The van der Waals surface area contributed by atoms with E-state index in [0.29, 0.717) is 19.0 Å². The predicted molar refractivity (Wildman–Crippen MR) is 113 cm³/mol. The van der Waals surface area contributed by atoms with Crippen LogP contribution >= 0.6 is 0 Å². The van der Waals surface area contributed by atoms with Crippen molar-refractivity contribution in [1.82, 2.24) is 9.80 Å². The maximum atomic E-state index is 13.3. The summed E-state index contributed by atoms with van der Waals surface area (Å²) >= 11 is 0. The molecule has 1 aromatic rings. The van der Waals surface area contributed by atoms with E-state index in [0.717, 1.165) is 43.8 Å². The SMILES string of the molecule is COc1ccc(N2C[C@@H](C(=O)N3CCCC[C@H]3CCN3CCCC3)CC2=O)cc1. The number of hydrogen-bond donors (Lipinski definition) is 0. The molecule has 0 radical (unpaired) electrons. The van der Waals surface area contributed by atoms with Gasteiger partial charge in [-0.15, -0.1) is 0 Å². The Balaban J connectivity index is 1.38. The summed E-state index contributed by atoms with van der Waals surface area (Å²) in [7, 11) is 1.63. The molecule has 3 heterocycles. The number of likely N-dealkylation sites (tertiary alicyclic amines) is 2. The lowest BCUT2D eigenvalue weighted by atomic mass is 9.96.